The van der Waals surface area contributed by atoms with Crippen LogP contribution in [-0.2, 0) is 11.4 Å². The van der Waals surface area contributed by atoms with E-state index in [1.165, 1.54) is 18.3 Å². The first kappa shape index (κ1) is 16.2. The van der Waals surface area contributed by atoms with E-state index in [2.05, 4.69) is 14.9 Å². The number of fused-ring (bicyclic) bond motifs is 1. The Labute approximate surface area is 141 Å². The summed E-state index contributed by atoms with van der Waals surface area (Å²) >= 11 is 5.91. The van der Waals surface area contributed by atoms with Gasteiger partial charge in [0, 0.05) is 12.4 Å². The number of alkyl halides is 2. The number of hydrogen-bond donors (Lipinski definition) is 0. The molecule has 8 heteroatoms. The van der Waals surface area contributed by atoms with Crippen molar-refractivity contribution in [3.05, 3.63) is 65.1 Å². The molecule has 5 nitrogen and oxygen atoms in total. The van der Waals surface area contributed by atoms with Gasteiger partial charge in [0.2, 0.25) is 0 Å². The average Bonchev–Trinajstić information content (AvgIpc) is 2.94. The first-order valence-corrected chi connectivity index (χ1v) is 7.31. The lowest BCUT2D eigenvalue weighted by molar-refractivity contribution is -0.0498. The predicted octanol–water partition coefficient (Wildman–Crippen LogP) is 4.14. The van der Waals surface area contributed by atoms with Crippen molar-refractivity contribution in [3.63, 3.8) is 0 Å². The van der Waals surface area contributed by atoms with Crippen molar-refractivity contribution in [2.75, 3.05) is 0 Å². The zero-order chi connectivity index (χ0) is 16.9. The Balaban J connectivity index is 1.55. The fourth-order valence-corrected chi connectivity index (χ4v) is 2.19. The van der Waals surface area contributed by atoms with Crippen molar-refractivity contribution >= 4 is 23.5 Å². The van der Waals surface area contributed by atoms with Crippen LogP contribution in [0.3, 0.4) is 0 Å². The highest BCUT2D eigenvalue weighted by Crippen LogP contribution is 2.14. The molecule has 0 amide bonds. The largest absolute Gasteiger partial charge is 0.435 e. The lowest BCUT2D eigenvalue weighted by Crippen LogP contribution is -2.01. The zero-order valence-electron chi connectivity index (χ0n) is 12.3. The molecule has 0 aliphatic carbocycles. The number of oxime groups is 1. The summed E-state index contributed by atoms with van der Waals surface area (Å²) in [6, 6.07) is 9.61. The number of hydrogen-bond acceptors (Lipinski definition) is 4. The van der Waals surface area contributed by atoms with Crippen LogP contribution in [0.5, 0.6) is 5.75 Å². The standard InChI is InChI=1S/C16H12ClF2N3O2/c17-12-3-6-15-21-13(9-22(15)8-12)10-23-20-7-11-1-4-14(5-2-11)24-16(18)19/h1-9,16H,10H2. The molecular weight excluding hydrogens is 340 g/mol. The molecule has 0 saturated carbocycles. The van der Waals surface area contributed by atoms with Crippen LogP contribution in [0.15, 0.2) is 53.9 Å². The topological polar surface area (TPSA) is 48.1 Å². The Bertz CT molecular complexity index is 850. The van der Waals surface area contributed by atoms with Gasteiger partial charge in [-0.3, -0.25) is 0 Å². The summed E-state index contributed by atoms with van der Waals surface area (Å²) in [7, 11) is 0. The molecule has 1 aromatic carbocycles. The van der Waals surface area contributed by atoms with Crippen LogP contribution in [-0.4, -0.2) is 22.2 Å². The molecule has 0 saturated heterocycles. The fraction of sp³-hybridized carbons (Fsp3) is 0.125. The van der Waals surface area contributed by atoms with Crippen LogP contribution < -0.4 is 4.74 Å². The predicted molar refractivity (Wildman–Crippen MR) is 85.7 cm³/mol. The molecule has 0 atom stereocenters. The Morgan fingerprint density at radius 2 is 1.96 bits per heavy atom. The lowest BCUT2D eigenvalue weighted by Gasteiger charge is -2.03. The van der Waals surface area contributed by atoms with Crippen molar-refractivity contribution in [1.82, 2.24) is 9.38 Å². The van der Waals surface area contributed by atoms with Crippen LogP contribution in [0.2, 0.25) is 5.02 Å². The molecule has 3 rings (SSSR count). The van der Waals surface area contributed by atoms with E-state index in [0.29, 0.717) is 16.3 Å². The molecule has 0 bridgehead atoms. The summed E-state index contributed by atoms with van der Waals surface area (Å²) in [6.07, 6.45) is 5.02. The Kier molecular flexibility index (Phi) is 4.90. The summed E-state index contributed by atoms with van der Waals surface area (Å²) in [5.74, 6) is 0.0893. The van der Waals surface area contributed by atoms with Crippen LogP contribution >= 0.6 is 11.6 Å². The summed E-state index contributed by atoms with van der Waals surface area (Å²) in [5.41, 5.74) is 2.16. The molecule has 0 spiro atoms. The zero-order valence-corrected chi connectivity index (χ0v) is 13.0. The number of pyridine rings is 1. The van der Waals surface area contributed by atoms with Crippen LogP contribution in [0.25, 0.3) is 5.65 Å². The van der Waals surface area contributed by atoms with E-state index in [9.17, 15) is 8.78 Å². The van der Waals surface area contributed by atoms with Gasteiger partial charge in [0.15, 0.2) is 6.61 Å². The molecule has 0 fully saturated rings. The van der Waals surface area contributed by atoms with Crippen molar-refractivity contribution in [2.24, 2.45) is 5.16 Å². The molecule has 0 aliphatic heterocycles. The smallest absolute Gasteiger partial charge is 0.387 e. The molecule has 0 unspecified atom stereocenters. The maximum atomic E-state index is 12.0. The number of rotatable bonds is 6. The molecule has 0 radical (unpaired) electrons. The highest BCUT2D eigenvalue weighted by Gasteiger charge is 2.04. The fourth-order valence-electron chi connectivity index (χ4n) is 2.02. The molecule has 24 heavy (non-hydrogen) atoms. The third-order valence-electron chi connectivity index (χ3n) is 3.06. The highest BCUT2D eigenvalue weighted by atomic mass is 35.5. The van der Waals surface area contributed by atoms with Crippen molar-refractivity contribution in [1.29, 1.82) is 0 Å². The minimum atomic E-state index is -2.84. The summed E-state index contributed by atoms with van der Waals surface area (Å²) in [5, 5.41) is 4.44. The van der Waals surface area contributed by atoms with Crippen LogP contribution in [0.1, 0.15) is 11.3 Å². The Hall–Kier alpha value is -2.67. The molecule has 2 aromatic heterocycles. The molecule has 0 N–H and O–H groups in total. The Morgan fingerprint density at radius 1 is 1.17 bits per heavy atom. The molecule has 0 aliphatic rings. The van der Waals surface area contributed by atoms with E-state index in [-0.39, 0.29) is 12.4 Å². The summed E-state index contributed by atoms with van der Waals surface area (Å²) in [4.78, 5) is 9.54. The maximum absolute atomic E-state index is 12.0. The van der Waals surface area contributed by atoms with Crippen molar-refractivity contribution in [2.45, 2.75) is 13.2 Å². The van der Waals surface area contributed by atoms with E-state index in [1.54, 1.807) is 41.1 Å². The molecule has 3 aromatic rings. The number of aromatic nitrogens is 2. The monoisotopic (exact) mass is 351 g/mol. The lowest BCUT2D eigenvalue weighted by atomic mass is 10.2. The minimum Gasteiger partial charge on any atom is -0.435 e. The number of ether oxygens (including phenoxy) is 1. The van der Waals surface area contributed by atoms with E-state index in [4.69, 9.17) is 16.4 Å². The van der Waals surface area contributed by atoms with Crippen molar-refractivity contribution in [3.8, 4) is 5.75 Å². The van der Waals surface area contributed by atoms with E-state index in [1.807, 2.05) is 0 Å². The van der Waals surface area contributed by atoms with Gasteiger partial charge < -0.3 is 14.0 Å². The molecular formula is C16H12ClF2N3O2. The quantitative estimate of drug-likeness (QED) is 0.495. The third kappa shape index (κ3) is 4.20. The maximum Gasteiger partial charge on any atom is 0.387 e. The number of halogens is 3. The summed E-state index contributed by atoms with van der Waals surface area (Å²) in [6.45, 7) is -2.64. The van der Waals surface area contributed by atoms with E-state index >= 15 is 0 Å². The average molecular weight is 352 g/mol. The van der Waals surface area contributed by atoms with Crippen LogP contribution in [0, 0.1) is 0 Å². The highest BCUT2D eigenvalue weighted by molar-refractivity contribution is 6.30. The van der Waals surface area contributed by atoms with Crippen molar-refractivity contribution < 1.29 is 18.4 Å². The van der Waals surface area contributed by atoms with Gasteiger partial charge in [0.05, 0.1) is 16.9 Å². The number of benzene rings is 1. The number of nitrogens with zero attached hydrogens (tertiary/aromatic N) is 3. The normalized spacial score (nSPS) is 11.5. The third-order valence-corrected chi connectivity index (χ3v) is 3.28. The second-order valence-corrected chi connectivity index (χ2v) is 5.24. The van der Waals surface area contributed by atoms with Gasteiger partial charge in [-0.2, -0.15) is 8.78 Å². The van der Waals surface area contributed by atoms with Gasteiger partial charge >= 0.3 is 6.61 Å². The second-order valence-electron chi connectivity index (χ2n) is 4.80. The first-order valence-electron chi connectivity index (χ1n) is 6.93. The van der Waals surface area contributed by atoms with Gasteiger partial charge in [-0.25, -0.2) is 4.98 Å². The first-order chi connectivity index (χ1) is 11.6. The molecule has 2 heterocycles. The minimum absolute atomic E-state index is 0.0893. The van der Waals surface area contributed by atoms with Gasteiger partial charge in [0.25, 0.3) is 0 Å². The van der Waals surface area contributed by atoms with E-state index in [0.717, 1.165) is 5.65 Å². The van der Waals surface area contributed by atoms with E-state index < -0.39 is 6.61 Å². The Morgan fingerprint density at radius 3 is 2.71 bits per heavy atom. The van der Waals surface area contributed by atoms with Gasteiger partial charge in [-0.1, -0.05) is 16.8 Å². The van der Waals surface area contributed by atoms with Gasteiger partial charge in [-0.05, 0) is 42.0 Å². The summed E-state index contributed by atoms with van der Waals surface area (Å²) < 4.78 is 30.2. The van der Waals surface area contributed by atoms with Crippen LogP contribution in [0.4, 0.5) is 8.78 Å². The SMILES string of the molecule is FC(F)Oc1ccc(C=NOCc2cn3cc(Cl)ccc3n2)cc1. The van der Waals surface area contributed by atoms with Gasteiger partial charge in [-0.15, -0.1) is 0 Å². The molecule has 124 valence electrons. The second kappa shape index (κ2) is 7.27. The van der Waals surface area contributed by atoms with Gasteiger partial charge in [0.1, 0.15) is 11.4 Å². The number of imidazole rings is 1.